The van der Waals surface area contributed by atoms with E-state index in [1.165, 1.54) is 90.0 Å². The van der Waals surface area contributed by atoms with Gasteiger partial charge < -0.3 is 10.5 Å². The number of nitrogens with two attached hydrogens (primary N) is 1. The molecule has 1 fully saturated rings. The molecule has 0 aliphatic carbocycles. The van der Waals surface area contributed by atoms with Gasteiger partial charge in [0, 0.05) is 19.5 Å². The summed E-state index contributed by atoms with van der Waals surface area (Å²) in [4.78, 5) is 13.0. The van der Waals surface area contributed by atoms with Crippen LogP contribution in [0.2, 0.25) is 0 Å². The molecule has 4 nitrogen and oxygen atoms in total. The summed E-state index contributed by atoms with van der Waals surface area (Å²) in [6, 6.07) is 0. The fraction of sp³-hybridized carbons (Fsp3) is 0.960. The molecule has 1 aliphatic rings. The van der Waals surface area contributed by atoms with Crippen molar-refractivity contribution in [1.82, 2.24) is 4.90 Å². The molecular weight excluding hydrogens is 360 g/mol. The second-order valence-corrected chi connectivity index (χ2v) is 9.10. The van der Waals surface area contributed by atoms with E-state index in [9.17, 15) is 4.79 Å². The van der Waals surface area contributed by atoms with Crippen LogP contribution in [0.3, 0.4) is 0 Å². The monoisotopic (exact) mass is 412 g/mol. The zero-order valence-electron chi connectivity index (χ0n) is 20.1. The van der Waals surface area contributed by atoms with E-state index in [0.717, 1.165) is 38.6 Å². The molecular formula is C25H52N2O2. The van der Waals surface area contributed by atoms with Crippen molar-refractivity contribution in [2.24, 2.45) is 11.7 Å². The number of amides is 1. The molecule has 174 valence electrons. The van der Waals surface area contributed by atoms with Crippen LogP contribution in [-0.4, -0.2) is 43.7 Å². The van der Waals surface area contributed by atoms with Crippen molar-refractivity contribution in [2.75, 3.05) is 32.8 Å². The quantitative estimate of drug-likeness (QED) is 0.284. The molecule has 0 radical (unpaired) electrons. The molecule has 29 heavy (non-hydrogen) atoms. The van der Waals surface area contributed by atoms with Crippen molar-refractivity contribution < 1.29 is 9.53 Å². The van der Waals surface area contributed by atoms with Crippen molar-refractivity contribution in [3.05, 3.63) is 0 Å². The Kier molecular flexibility index (Phi) is 21.6. The summed E-state index contributed by atoms with van der Waals surface area (Å²) >= 11 is 0. The van der Waals surface area contributed by atoms with Crippen molar-refractivity contribution >= 4 is 5.91 Å². The van der Waals surface area contributed by atoms with Gasteiger partial charge in [-0.3, -0.25) is 9.69 Å². The van der Waals surface area contributed by atoms with Crippen LogP contribution in [0.25, 0.3) is 0 Å². The van der Waals surface area contributed by atoms with Gasteiger partial charge >= 0.3 is 0 Å². The van der Waals surface area contributed by atoms with Crippen LogP contribution in [-0.2, 0) is 9.53 Å². The zero-order valence-corrected chi connectivity index (χ0v) is 20.1. The molecule has 2 N–H and O–H groups in total. The lowest BCUT2D eigenvalue weighted by Crippen LogP contribution is -2.36. The Labute approximate surface area is 182 Å². The molecule has 1 saturated heterocycles. The van der Waals surface area contributed by atoms with Crippen LogP contribution in [0.15, 0.2) is 0 Å². The Hall–Kier alpha value is -0.610. The molecule has 1 heterocycles. The Morgan fingerprint density at radius 1 is 0.828 bits per heavy atom. The van der Waals surface area contributed by atoms with Crippen LogP contribution in [0, 0.1) is 5.92 Å². The van der Waals surface area contributed by atoms with Crippen LogP contribution >= 0.6 is 0 Å². The summed E-state index contributed by atoms with van der Waals surface area (Å²) in [5.74, 6) is 0.719. The van der Waals surface area contributed by atoms with E-state index in [2.05, 4.69) is 25.7 Å². The summed E-state index contributed by atoms with van der Waals surface area (Å²) < 4.78 is 5.20. The van der Waals surface area contributed by atoms with Gasteiger partial charge in [-0.1, -0.05) is 97.8 Å². The number of hydrogen-bond donors (Lipinski definition) is 1. The maximum Gasteiger partial charge on any atom is 0.217 e. The lowest BCUT2D eigenvalue weighted by molar-refractivity contribution is -0.118. The minimum atomic E-state index is -0.154. The van der Waals surface area contributed by atoms with Gasteiger partial charge in [-0.05, 0) is 25.3 Å². The van der Waals surface area contributed by atoms with E-state index in [4.69, 9.17) is 10.5 Å². The van der Waals surface area contributed by atoms with Gasteiger partial charge in [0.2, 0.25) is 5.91 Å². The SMILES string of the molecule is CC(C)CCCCCCCCCCCCCCC(N)=O.CCCN1CCOCC1. The molecule has 0 aromatic rings. The number of rotatable bonds is 17. The maximum atomic E-state index is 10.6. The summed E-state index contributed by atoms with van der Waals surface area (Å²) in [5.41, 5.74) is 5.11. The lowest BCUT2D eigenvalue weighted by atomic mass is 10.0. The number of ether oxygens (including phenoxy) is 1. The highest BCUT2D eigenvalue weighted by atomic mass is 16.5. The molecule has 0 aromatic heterocycles. The summed E-state index contributed by atoms with van der Waals surface area (Å²) in [6.07, 6.45) is 19.3. The third-order valence-corrected chi connectivity index (χ3v) is 5.60. The summed E-state index contributed by atoms with van der Waals surface area (Å²) in [5, 5.41) is 0. The minimum absolute atomic E-state index is 0.154. The number of unbranched alkanes of at least 4 members (excludes halogenated alkanes) is 11. The molecule has 0 saturated carbocycles. The Balaban J connectivity index is 0.000000717. The molecule has 1 aliphatic heterocycles. The zero-order chi connectivity index (χ0) is 21.6. The van der Waals surface area contributed by atoms with Gasteiger partial charge in [0.1, 0.15) is 0 Å². The third kappa shape index (κ3) is 23.5. The first kappa shape index (κ1) is 28.4. The van der Waals surface area contributed by atoms with Crippen LogP contribution in [0.1, 0.15) is 117 Å². The Morgan fingerprint density at radius 3 is 1.69 bits per heavy atom. The highest BCUT2D eigenvalue weighted by Gasteiger charge is 2.07. The molecule has 0 aromatic carbocycles. The topological polar surface area (TPSA) is 55.6 Å². The van der Waals surface area contributed by atoms with Gasteiger partial charge in [-0.25, -0.2) is 0 Å². The van der Waals surface area contributed by atoms with E-state index >= 15 is 0 Å². The highest BCUT2D eigenvalue weighted by Crippen LogP contribution is 2.14. The Morgan fingerprint density at radius 2 is 1.28 bits per heavy atom. The normalized spacial score (nSPS) is 14.6. The highest BCUT2D eigenvalue weighted by molar-refractivity contribution is 5.73. The van der Waals surface area contributed by atoms with Crippen molar-refractivity contribution in [3.63, 3.8) is 0 Å². The molecule has 0 bridgehead atoms. The molecule has 4 heteroatoms. The molecule has 0 spiro atoms. The van der Waals surface area contributed by atoms with E-state index in [1.807, 2.05) is 0 Å². The molecule has 0 unspecified atom stereocenters. The first-order valence-electron chi connectivity index (χ1n) is 12.6. The van der Waals surface area contributed by atoms with Crippen LogP contribution < -0.4 is 5.73 Å². The number of nitrogens with zero attached hydrogens (tertiary/aromatic N) is 1. The van der Waals surface area contributed by atoms with Gasteiger partial charge in [0.15, 0.2) is 0 Å². The predicted octanol–water partition coefficient (Wildman–Crippen LogP) is 6.32. The van der Waals surface area contributed by atoms with E-state index < -0.39 is 0 Å². The average molecular weight is 413 g/mol. The van der Waals surface area contributed by atoms with E-state index in [1.54, 1.807) is 0 Å². The second-order valence-electron chi connectivity index (χ2n) is 9.10. The number of morpholine rings is 1. The van der Waals surface area contributed by atoms with Gasteiger partial charge in [0.25, 0.3) is 0 Å². The standard InChI is InChI=1S/C18H37NO.C7H15NO/c1-17(2)15-13-11-9-7-5-3-4-6-8-10-12-14-16-18(19)20;1-2-3-8-4-6-9-7-5-8/h17H,3-16H2,1-2H3,(H2,19,20);2-7H2,1H3. The van der Waals surface area contributed by atoms with Crippen molar-refractivity contribution in [1.29, 1.82) is 0 Å². The van der Waals surface area contributed by atoms with Gasteiger partial charge in [0.05, 0.1) is 13.2 Å². The smallest absolute Gasteiger partial charge is 0.217 e. The minimum Gasteiger partial charge on any atom is -0.379 e. The summed E-state index contributed by atoms with van der Waals surface area (Å²) in [6.45, 7) is 12.2. The van der Waals surface area contributed by atoms with Crippen molar-refractivity contribution in [2.45, 2.75) is 117 Å². The van der Waals surface area contributed by atoms with Crippen molar-refractivity contribution in [3.8, 4) is 0 Å². The third-order valence-electron chi connectivity index (χ3n) is 5.60. The maximum absolute atomic E-state index is 10.6. The predicted molar refractivity (Wildman–Crippen MR) is 126 cm³/mol. The molecule has 1 rings (SSSR count). The Bertz CT molecular complexity index is 339. The molecule has 1 amide bonds. The number of carbonyl (C=O) groups excluding carboxylic acids is 1. The van der Waals surface area contributed by atoms with Crippen LogP contribution in [0.4, 0.5) is 0 Å². The summed E-state index contributed by atoms with van der Waals surface area (Å²) in [7, 11) is 0. The fourth-order valence-electron chi connectivity index (χ4n) is 3.76. The van der Waals surface area contributed by atoms with Gasteiger partial charge in [-0.15, -0.1) is 0 Å². The second kappa shape index (κ2) is 22.1. The molecule has 0 atom stereocenters. The largest absolute Gasteiger partial charge is 0.379 e. The van der Waals surface area contributed by atoms with E-state index in [0.29, 0.717) is 6.42 Å². The van der Waals surface area contributed by atoms with E-state index in [-0.39, 0.29) is 5.91 Å². The lowest BCUT2D eigenvalue weighted by Gasteiger charge is -2.25. The first-order valence-corrected chi connectivity index (χ1v) is 12.6. The average Bonchev–Trinajstić information content (AvgIpc) is 2.69. The number of primary amides is 1. The first-order chi connectivity index (χ1) is 14.1. The fourth-order valence-corrected chi connectivity index (χ4v) is 3.76. The number of carbonyl (C=O) groups is 1. The number of hydrogen-bond acceptors (Lipinski definition) is 3. The van der Waals surface area contributed by atoms with Crippen LogP contribution in [0.5, 0.6) is 0 Å². The van der Waals surface area contributed by atoms with Gasteiger partial charge in [-0.2, -0.15) is 0 Å².